The van der Waals surface area contributed by atoms with Crippen molar-refractivity contribution in [3.8, 4) is 11.4 Å². The van der Waals surface area contributed by atoms with Crippen LogP contribution in [0.2, 0.25) is 0 Å². The van der Waals surface area contributed by atoms with Crippen molar-refractivity contribution in [2.24, 2.45) is 0 Å². The van der Waals surface area contributed by atoms with Crippen LogP contribution in [0.15, 0.2) is 42.7 Å². The van der Waals surface area contributed by atoms with Gasteiger partial charge in [-0.15, -0.1) is 15.0 Å². The number of benzene rings is 1. The minimum absolute atomic E-state index is 0.440. The fourth-order valence-corrected chi connectivity index (χ4v) is 2.40. The molecular weight excluding hydrogens is 280 g/mol. The van der Waals surface area contributed by atoms with Gasteiger partial charge < -0.3 is 10.1 Å². The second-order valence-electron chi connectivity index (χ2n) is 4.99. The molecule has 0 amide bonds. The monoisotopic (exact) mass is 294 g/mol. The minimum Gasteiger partial charge on any atom is -0.487 e. The topological polar surface area (TPSA) is 77.8 Å². The number of anilines is 1. The number of hydrogen-bond acceptors (Lipinski definition) is 6. The Morgan fingerprint density at radius 3 is 2.86 bits per heavy atom. The maximum Gasteiger partial charge on any atom is 0.162 e. The molecule has 0 unspecified atom stereocenters. The molecule has 3 aromatic rings. The van der Waals surface area contributed by atoms with Gasteiger partial charge in [0.1, 0.15) is 18.2 Å². The van der Waals surface area contributed by atoms with Gasteiger partial charge in [0.25, 0.3) is 0 Å². The standard InChI is InChI=1S/C15H14N6O/c1-2-12(19-15-11(1)7-8-16-15)9-22-14-5-3-13(4-6-14)21-18-10-17-20-21/h1-6,10H,7-9H2,(H,16,19). The van der Waals surface area contributed by atoms with Gasteiger partial charge in [-0.1, -0.05) is 6.07 Å². The molecule has 1 aliphatic rings. The van der Waals surface area contributed by atoms with E-state index in [1.807, 2.05) is 30.3 Å². The van der Waals surface area contributed by atoms with Crippen LogP contribution in [-0.2, 0) is 13.0 Å². The molecule has 4 rings (SSSR count). The molecule has 7 nitrogen and oxygen atoms in total. The van der Waals surface area contributed by atoms with Gasteiger partial charge in [0.2, 0.25) is 0 Å². The van der Waals surface area contributed by atoms with Gasteiger partial charge >= 0.3 is 0 Å². The number of nitrogens with one attached hydrogen (secondary N) is 1. The van der Waals surface area contributed by atoms with Crippen LogP contribution in [0.5, 0.6) is 5.75 Å². The van der Waals surface area contributed by atoms with E-state index in [0.717, 1.165) is 35.9 Å². The zero-order valence-electron chi connectivity index (χ0n) is 11.8. The van der Waals surface area contributed by atoms with Gasteiger partial charge in [-0.3, -0.25) is 0 Å². The summed E-state index contributed by atoms with van der Waals surface area (Å²) in [6, 6.07) is 11.7. The third-order valence-electron chi connectivity index (χ3n) is 3.53. The van der Waals surface area contributed by atoms with Crippen molar-refractivity contribution in [2.75, 3.05) is 11.9 Å². The van der Waals surface area contributed by atoms with E-state index in [4.69, 9.17) is 4.74 Å². The average Bonchev–Trinajstić information content (AvgIpc) is 3.24. The minimum atomic E-state index is 0.440. The highest BCUT2D eigenvalue weighted by Gasteiger charge is 2.11. The Bertz CT molecular complexity index is 769. The van der Waals surface area contributed by atoms with Crippen LogP contribution in [0.25, 0.3) is 5.69 Å². The Morgan fingerprint density at radius 2 is 2.05 bits per heavy atom. The maximum absolute atomic E-state index is 5.77. The first kappa shape index (κ1) is 12.8. The van der Waals surface area contributed by atoms with E-state index < -0.39 is 0 Å². The number of ether oxygens (including phenoxy) is 1. The predicted octanol–water partition coefficient (Wildman–Crippen LogP) is 1.60. The molecule has 22 heavy (non-hydrogen) atoms. The van der Waals surface area contributed by atoms with Crippen LogP contribution in [0, 0.1) is 0 Å². The van der Waals surface area contributed by atoms with Gasteiger partial charge in [-0.25, -0.2) is 4.98 Å². The molecule has 1 N–H and O–H groups in total. The molecule has 110 valence electrons. The van der Waals surface area contributed by atoms with Crippen LogP contribution in [0.1, 0.15) is 11.3 Å². The van der Waals surface area contributed by atoms with Crippen molar-refractivity contribution >= 4 is 5.82 Å². The van der Waals surface area contributed by atoms with E-state index in [1.54, 1.807) is 0 Å². The van der Waals surface area contributed by atoms with Crippen molar-refractivity contribution in [1.29, 1.82) is 0 Å². The number of rotatable bonds is 4. The summed E-state index contributed by atoms with van der Waals surface area (Å²) in [6.07, 6.45) is 2.44. The van der Waals surface area contributed by atoms with Crippen LogP contribution in [-0.4, -0.2) is 31.7 Å². The van der Waals surface area contributed by atoms with Gasteiger partial charge in [-0.2, -0.15) is 0 Å². The van der Waals surface area contributed by atoms with Gasteiger partial charge in [-0.05, 0) is 47.5 Å². The van der Waals surface area contributed by atoms with E-state index in [0.29, 0.717) is 6.61 Å². The summed E-state index contributed by atoms with van der Waals surface area (Å²) in [4.78, 5) is 6.01. The summed E-state index contributed by atoms with van der Waals surface area (Å²) in [5.41, 5.74) is 3.02. The summed E-state index contributed by atoms with van der Waals surface area (Å²) in [6.45, 7) is 1.40. The molecule has 0 saturated carbocycles. The number of aromatic nitrogens is 5. The van der Waals surface area contributed by atoms with E-state index in [9.17, 15) is 0 Å². The molecule has 0 radical (unpaired) electrons. The Kier molecular flexibility index (Phi) is 3.15. The van der Waals surface area contributed by atoms with Crippen LogP contribution in [0.4, 0.5) is 5.82 Å². The largest absolute Gasteiger partial charge is 0.487 e. The number of tetrazole rings is 1. The molecule has 3 heterocycles. The van der Waals surface area contributed by atoms with Crippen molar-refractivity contribution < 1.29 is 4.74 Å². The van der Waals surface area contributed by atoms with Gasteiger partial charge in [0.15, 0.2) is 6.33 Å². The molecule has 0 atom stereocenters. The second-order valence-corrected chi connectivity index (χ2v) is 4.99. The Hall–Kier alpha value is -2.96. The normalized spacial score (nSPS) is 12.7. The highest BCUT2D eigenvalue weighted by Crippen LogP contribution is 2.20. The zero-order chi connectivity index (χ0) is 14.8. The lowest BCUT2D eigenvalue weighted by atomic mass is 10.2. The summed E-state index contributed by atoms with van der Waals surface area (Å²) in [5.74, 6) is 1.76. The molecule has 0 saturated heterocycles. The lowest BCUT2D eigenvalue weighted by molar-refractivity contribution is 0.301. The Labute approximate surface area is 127 Å². The molecule has 1 aromatic carbocycles. The first-order chi connectivity index (χ1) is 10.9. The van der Waals surface area contributed by atoms with Crippen LogP contribution < -0.4 is 10.1 Å². The number of pyridine rings is 1. The van der Waals surface area contributed by atoms with Crippen LogP contribution in [0.3, 0.4) is 0 Å². The highest BCUT2D eigenvalue weighted by molar-refractivity contribution is 5.49. The second kappa shape index (κ2) is 5.44. The molecular formula is C15H14N6O. The highest BCUT2D eigenvalue weighted by atomic mass is 16.5. The third kappa shape index (κ3) is 2.48. The summed E-state index contributed by atoms with van der Waals surface area (Å²) in [7, 11) is 0. The first-order valence-electron chi connectivity index (χ1n) is 7.07. The molecule has 2 aromatic heterocycles. The van der Waals surface area contributed by atoms with Gasteiger partial charge in [0.05, 0.1) is 11.4 Å². The van der Waals surface area contributed by atoms with Gasteiger partial charge in [0, 0.05) is 6.54 Å². The molecule has 0 spiro atoms. The third-order valence-corrected chi connectivity index (χ3v) is 3.53. The summed E-state index contributed by atoms with van der Waals surface area (Å²) < 4.78 is 5.77. The van der Waals surface area contributed by atoms with Crippen LogP contribution >= 0.6 is 0 Å². The fourth-order valence-electron chi connectivity index (χ4n) is 2.40. The predicted molar refractivity (Wildman–Crippen MR) is 79.9 cm³/mol. The van der Waals surface area contributed by atoms with E-state index in [1.165, 1.54) is 16.7 Å². The molecule has 0 bridgehead atoms. The number of hydrogen-bond donors (Lipinski definition) is 1. The van der Waals surface area contributed by atoms with Crippen molar-refractivity contribution in [3.63, 3.8) is 0 Å². The summed E-state index contributed by atoms with van der Waals surface area (Å²) in [5, 5.41) is 14.8. The molecule has 7 heteroatoms. The van der Waals surface area contributed by atoms with Crippen molar-refractivity contribution in [3.05, 3.63) is 54.0 Å². The SMILES string of the molecule is c1nnn(-c2ccc(OCc3ccc4c(n3)NCC4)cc2)n1. The quantitative estimate of drug-likeness (QED) is 0.787. The Balaban J connectivity index is 1.43. The van der Waals surface area contributed by atoms with E-state index >= 15 is 0 Å². The molecule has 1 aliphatic heterocycles. The number of fused-ring (bicyclic) bond motifs is 1. The fraction of sp³-hybridized carbons (Fsp3) is 0.200. The average molecular weight is 294 g/mol. The van der Waals surface area contributed by atoms with Crippen molar-refractivity contribution in [2.45, 2.75) is 13.0 Å². The van der Waals surface area contributed by atoms with E-state index in [-0.39, 0.29) is 0 Å². The number of nitrogens with zero attached hydrogens (tertiary/aromatic N) is 5. The summed E-state index contributed by atoms with van der Waals surface area (Å²) >= 11 is 0. The first-order valence-corrected chi connectivity index (χ1v) is 7.07. The molecule has 0 aliphatic carbocycles. The molecule has 0 fully saturated rings. The lowest BCUT2D eigenvalue weighted by Gasteiger charge is -2.08. The lowest BCUT2D eigenvalue weighted by Crippen LogP contribution is -2.02. The Morgan fingerprint density at radius 1 is 1.14 bits per heavy atom. The smallest absolute Gasteiger partial charge is 0.162 e. The van der Waals surface area contributed by atoms with Crippen molar-refractivity contribution in [1.82, 2.24) is 25.2 Å². The van der Waals surface area contributed by atoms with E-state index in [2.05, 4.69) is 31.8 Å². The maximum atomic E-state index is 5.77. The zero-order valence-corrected chi connectivity index (χ0v) is 11.8.